The van der Waals surface area contributed by atoms with Crippen LogP contribution in [0.25, 0.3) is 0 Å². The lowest BCUT2D eigenvalue weighted by atomic mass is 9.97. The highest BCUT2D eigenvalue weighted by Gasteiger charge is 2.22. The summed E-state index contributed by atoms with van der Waals surface area (Å²) in [7, 11) is 4.99. The maximum atomic E-state index is 12.9. The van der Waals surface area contributed by atoms with Gasteiger partial charge in [0.15, 0.2) is 0 Å². The van der Waals surface area contributed by atoms with E-state index in [-0.39, 0.29) is 18.5 Å². The van der Waals surface area contributed by atoms with E-state index in [0.717, 1.165) is 11.1 Å². The van der Waals surface area contributed by atoms with Crippen LogP contribution in [-0.2, 0) is 4.79 Å². The third kappa shape index (κ3) is 5.12. The molecule has 0 aliphatic carbocycles. The molecule has 30 heavy (non-hydrogen) atoms. The number of rotatable bonds is 8. The SMILES string of the molecule is COc1cc(NC(=O)CN(C)C(c2ccccc2)c2ccccc2)c(OC)cc1Cl. The zero-order valence-electron chi connectivity index (χ0n) is 17.3. The van der Waals surface area contributed by atoms with E-state index in [1.165, 1.54) is 14.2 Å². The normalized spacial score (nSPS) is 10.9. The molecule has 0 saturated carbocycles. The number of benzene rings is 3. The number of nitrogens with zero attached hydrogens (tertiary/aromatic N) is 1. The minimum absolute atomic E-state index is 0.0557. The number of methoxy groups -OCH3 is 2. The first-order chi connectivity index (χ1) is 14.5. The summed E-state index contributed by atoms with van der Waals surface area (Å²) >= 11 is 6.15. The topological polar surface area (TPSA) is 50.8 Å². The fraction of sp³-hybridized carbons (Fsp3) is 0.208. The molecule has 0 unspecified atom stereocenters. The van der Waals surface area contributed by atoms with Gasteiger partial charge >= 0.3 is 0 Å². The number of carbonyl (C=O) groups excluding carboxylic acids is 1. The zero-order chi connectivity index (χ0) is 21.5. The van der Waals surface area contributed by atoms with E-state index in [4.69, 9.17) is 21.1 Å². The quantitative estimate of drug-likeness (QED) is 0.551. The third-order valence-corrected chi connectivity index (χ3v) is 5.11. The Bertz CT molecular complexity index is 941. The van der Waals surface area contributed by atoms with Gasteiger partial charge in [0.25, 0.3) is 0 Å². The molecule has 3 aromatic rings. The third-order valence-electron chi connectivity index (χ3n) is 4.81. The van der Waals surface area contributed by atoms with Crippen LogP contribution in [0, 0.1) is 0 Å². The van der Waals surface area contributed by atoms with Gasteiger partial charge in [-0.1, -0.05) is 72.3 Å². The van der Waals surface area contributed by atoms with E-state index in [9.17, 15) is 4.79 Å². The van der Waals surface area contributed by atoms with E-state index >= 15 is 0 Å². The summed E-state index contributed by atoms with van der Waals surface area (Å²) in [4.78, 5) is 14.9. The molecule has 0 aliphatic heterocycles. The molecule has 0 saturated heterocycles. The Hall–Kier alpha value is -3.02. The molecule has 0 aromatic heterocycles. The number of hydrogen-bond donors (Lipinski definition) is 1. The van der Waals surface area contributed by atoms with Crippen molar-refractivity contribution in [3.05, 3.63) is 88.9 Å². The predicted octanol–water partition coefficient (Wildman–Crippen LogP) is 5.02. The van der Waals surface area contributed by atoms with E-state index in [2.05, 4.69) is 29.6 Å². The summed E-state index contributed by atoms with van der Waals surface area (Å²) in [6, 6.07) is 23.5. The Morgan fingerprint density at radius 1 is 0.933 bits per heavy atom. The smallest absolute Gasteiger partial charge is 0.238 e. The van der Waals surface area contributed by atoms with Gasteiger partial charge in [-0.25, -0.2) is 0 Å². The van der Waals surface area contributed by atoms with Crippen molar-refractivity contribution >= 4 is 23.2 Å². The van der Waals surface area contributed by atoms with Crippen LogP contribution in [-0.4, -0.2) is 38.6 Å². The van der Waals surface area contributed by atoms with Crippen molar-refractivity contribution in [3.63, 3.8) is 0 Å². The number of ether oxygens (including phenoxy) is 2. The standard InChI is InChI=1S/C24H25ClN2O3/c1-27(24(17-10-6-4-7-11-17)18-12-8-5-9-13-18)16-23(28)26-20-15-21(29-2)19(25)14-22(20)30-3/h4-15,24H,16H2,1-3H3,(H,26,28). The Morgan fingerprint density at radius 3 is 1.97 bits per heavy atom. The number of halogens is 1. The van der Waals surface area contributed by atoms with Crippen molar-refractivity contribution in [2.24, 2.45) is 0 Å². The lowest BCUT2D eigenvalue weighted by Crippen LogP contribution is -2.34. The first-order valence-electron chi connectivity index (χ1n) is 9.55. The van der Waals surface area contributed by atoms with Crippen LogP contribution in [0.15, 0.2) is 72.8 Å². The number of nitrogens with one attached hydrogen (secondary N) is 1. The molecule has 0 bridgehead atoms. The number of hydrogen-bond acceptors (Lipinski definition) is 4. The minimum Gasteiger partial charge on any atom is -0.495 e. The molecule has 0 heterocycles. The van der Waals surface area contributed by atoms with Crippen LogP contribution in [0.5, 0.6) is 11.5 Å². The number of amides is 1. The van der Waals surface area contributed by atoms with Crippen molar-refractivity contribution in [2.45, 2.75) is 6.04 Å². The van der Waals surface area contributed by atoms with Gasteiger partial charge in [-0.3, -0.25) is 9.69 Å². The fourth-order valence-electron chi connectivity index (χ4n) is 3.44. The first kappa shape index (κ1) is 21.7. The van der Waals surface area contributed by atoms with Crippen LogP contribution in [0.2, 0.25) is 5.02 Å². The van der Waals surface area contributed by atoms with Crippen molar-refractivity contribution in [1.29, 1.82) is 0 Å². The summed E-state index contributed by atoms with van der Waals surface area (Å²) in [5.74, 6) is 0.768. The summed E-state index contributed by atoms with van der Waals surface area (Å²) in [5.41, 5.74) is 2.74. The Balaban J connectivity index is 1.81. The van der Waals surface area contributed by atoms with Gasteiger partial charge in [-0.05, 0) is 18.2 Å². The van der Waals surface area contributed by atoms with Crippen LogP contribution >= 0.6 is 11.6 Å². The van der Waals surface area contributed by atoms with Crippen molar-refractivity contribution < 1.29 is 14.3 Å². The van der Waals surface area contributed by atoms with Crippen LogP contribution in [0.3, 0.4) is 0 Å². The summed E-state index contributed by atoms with van der Waals surface area (Å²) in [6.45, 7) is 0.183. The molecule has 0 radical (unpaired) electrons. The highest BCUT2D eigenvalue weighted by Crippen LogP contribution is 2.36. The maximum absolute atomic E-state index is 12.9. The highest BCUT2D eigenvalue weighted by atomic mass is 35.5. The van der Waals surface area contributed by atoms with Gasteiger partial charge < -0.3 is 14.8 Å². The molecule has 1 N–H and O–H groups in total. The molecule has 6 heteroatoms. The highest BCUT2D eigenvalue weighted by molar-refractivity contribution is 6.32. The molecule has 3 aromatic carbocycles. The molecular weight excluding hydrogens is 400 g/mol. The van der Waals surface area contributed by atoms with Crippen molar-refractivity contribution in [1.82, 2.24) is 4.90 Å². The van der Waals surface area contributed by atoms with Crippen LogP contribution < -0.4 is 14.8 Å². The molecule has 3 rings (SSSR count). The average Bonchev–Trinajstić information content (AvgIpc) is 2.76. The minimum atomic E-state index is -0.169. The lowest BCUT2D eigenvalue weighted by Gasteiger charge is -2.28. The van der Waals surface area contributed by atoms with Gasteiger partial charge in [0.1, 0.15) is 11.5 Å². The number of anilines is 1. The van der Waals surface area contributed by atoms with E-state index < -0.39 is 0 Å². The average molecular weight is 425 g/mol. The molecule has 0 aliphatic rings. The largest absolute Gasteiger partial charge is 0.495 e. The molecule has 0 atom stereocenters. The Labute approximate surface area is 182 Å². The molecular formula is C24H25ClN2O3. The van der Waals surface area contributed by atoms with Crippen LogP contribution in [0.1, 0.15) is 17.2 Å². The predicted molar refractivity (Wildman–Crippen MR) is 121 cm³/mol. The molecule has 156 valence electrons. The molecule has 5 nitrogen and oxygen atoms in total. The van der Waals surface area contributed by atoms with Crippen molar-refractivity contribution in [3.8, 4) is 11.5 Å². The Kier molecular flexibility index (Phi) is 7.33. The summed E-state index contributed by atoms with van der Waals surface area (Å²) in [6.07, 6.45) is 0. The maximum Gasteiger partial charge on any atom is 0.238 e. The summed E-state index contributed by atoms with van der Waals surface area (Å²) in [5, 5.41) is 3.32. The van der Waals surface area contributed by atoms with Gasteiger partial charge in [0.2, 0.25) is 5.91 Å². The number of likely N-dealkylation sites (N-methyl/N-ethyl adjacent to an activating group) is 1. The van der Waals surface area contributed by atoms with E-state index in [1.54, 1.807) is 12.1 Å². The van der Waals surface area contributed by atoms with Gasteiger partial charge in [-0.15, -0.1) is 0 Å². The summed E-state index contributed by atoms with van der Waals surface area (Å²) < 4.78 is 10.6. The molecule has 0 fully saturated rings. The number of carbonyl (C=O) groups is 1. The molecule has 0 spiro atoms. The second-order valence-corrected chi connectivity index (χ2v) is 7.28. The second kappa shape index (κ2) is 10.1. The van der Waals surface area contributed by atoms with E-state index in [0.29, 0.717) is 22.2 Å². The monoisotopic (exact) mass is 424 g/mol. The Morgan fingerprint density at radius 2 is 1.47 bits per heavy atom. The molecule has 1 amide bonds. The van der Waals surface area contributed by atoms with Gasteiger partial charge in [0.05, 0.1) is 37.5 Å². The second-order valence-electron chi connectivity index (χ2n) is 6.87. The zero-order valence-corrected chi connectivity index (χ0v) is 18.0. The lowest BCUT2D eigenvalue weighted by molar-refractivity contribution is -0.117. The van der Waals surface area contributed by atoms with Gasteiger partial charge in [0, 0.05) is 12.1 Å². The van der Waals surface area contributed by atoms with Crippen LogP contribution in [0.4, 0.5) is 5.69 Å². The van der Waals surface area contributed by atoms with E-state index in [1.807, 2.05) is 48.3 Å². The van der Waals surface area contributed by atoms with Crippen molar-refractivity contribution in [2.75, 3.05) is 33.1 Å². The first-order valence-corrected chi connectivity index (χ1v) is 9.92. The van der Waals surface area contributed by atoms with Gasteiger partial charge in [-0.2, -0.15) is 0 Å². The fourth-order valence-corrected chi connectivity index (χ4v) is 3.67.